The van der Waals surface area contributed by atoms with Crippen LogP contribution in [0.5, 0.6) is 0 Å². The molecule has 2 aromatic rings. The fraction of sp³-hybridized carbons (Fsp3) is 0.679. The van der Waals surface area contributed by atoms with Crippen molar-refractivity contribution in [1.29, 1.82) is 0 Å². The van der Waals surface area contributed by atoms with Gasteiger partial charge in [-0.1, -0.05) is 32.0 Å². The Morgan fingerprint density at radius 1 is 1.00 bits per heavy atom. The molecule has 0 saturated carbocycles. The second-order valence-corrected chi connectivity index (χ2v) is 18.4. The van der Waals surface area contributed by atoms with Crippen molar-refractivity contribution in [3.05, 3.63) is 12.7 Å². The van der Waals surface area contributed by atoms with Crippen LogP contribution in [0, 0.1) is 5.41 Å². The van der Waals surface area contributed by atoms with Crippen LogP contribution < -0.4 is 35.9 Å². The lowest BCUT2D eigenvalue weighted by Crippen LogP contribution is -2.46. The number of carbonyl (C=O) groups is 4. The molecule has 2 amide bonds. The minimum absolute atomic E-state index is 0.0293. The number of phosphoric ester groups is 3. The summed E-state index contributed by atoms with van der Waals surface area (Å²) in [4.78, 5) is 106. The molecule has 7 N–H and O–H groups in total. The SMILES string of the molecule is CC(C)(COP(=O)([O-])OP(=O)([O-])OCC1OC(n2cnc3c(N)ncnc32)C(O)C1OP(=O)([O-])[O-])C(O)C(=O)NCCC(=O)NCCSC(=O)CCCCCC(=O)O. The lowest BCUT2D eigenvalue weighted by molar-refractivity contribution is -0.347. The summed E-state index contributed by atoms with van der Waals surface area (Å²) in [5, 5.41) is 34.6. The predicted octanol–water partition coefficient (Wildman–Crippen LogP) is -2.83. The van der Waals surface area contributed by atoms with E-state index in [4.69, 9.17) is 15.6 Å². The van der Waals surface area contributed by atoms with Gasteiger partial charge in [0.05, 0.1) is 27.4 Å². The van der Waals surface area contributed by atoms with Gasteiger partial charge in [-0.2, -0.15) is 0 Å². The summed E-state index contributed by atoms with van der Waals surface area (Å²) in [7, 11) is -17.6. The molecule has 0 bridgehead atoms. The number of aliphatic hydroxyl groups excluding tert-OH is 2. The van der Waals surface area contributed by atoms with Gasteiger partial charge in [-0.05, 0) is 12.8 Å². The number of anilines is 1. The highest BCUT2D eigenvalue weighted by Crippen LogP contribution is 2.56. The molecule has 2 aromatic heterocycles. The Morgan fingerprint density at radius 2 is 1.67 bits per heavy atom. The third kappa shape index (κ3) is 15.9. The molecule has 1 fully saturated rings. The van der Waals surface area contributed by atoms with Crippen LogP contribution in [0.4, 0.5) is 5.82 Å². The number of phosphoric acid groups is 3. The van der Waals surface area contributed by atoms with E-state index in [0.29, 0.717) is 19.3 Å². The maximum atomic E-state index is 12.5. The summed E-state index contributed by atoms with van der Waals surface area (Å²) in [6, 6.07) is 0. The molecular formula is C28H42N7O19P3S-4. The number of nitrogens with two attached hydrogens (primary N) is 1. The number of imidazole rings is 1. The largest absolute Gasteiger partial charge is 0.790 e. The van der Waals surface area contributed by atoms with Crippen molar-refractivity contribution >= 4 is 75.1 Å². The van der Waals surface area contributed by atoms with E-state index in [9.17, 15) is 62.7 Å². The molecule has 7 unspecified atom stereocenters. The Balaban J connectivity index is 1.44. The van der Waals surface area contributed by atoms with Crippen molar-refractivity contribution in [2.45, 2.75) is 83.0 Å². The molecular weight excluding hydrogens is 863 g/mol. The van der Waals surface area contributed by atoms with Gasteiger partial charge in [0.2, 0.25) is 11.8 Å². The van der Waals surface area contributed by atoms with E-state index in [1.807, 2.05) is 0 Å². The first-order chi connectivity index (χ1) is 26.9. The number of thioether (sulfide) groups is 1. The van der Waals surface area contributed by atoms with Crippen LogP contribution in [-0.2, 0) is 55.5 Å². The molecule has 1 saturated heterocycles. The number of nitrogens with one attached hydrogen (secondary N) is 2. The lowest BCUT2D eigenvalue weighted by Gasteiger charge is -2.36. The van der Waals surface area contributed by atoms with E-state index < -0.39 is 90.5 Å². The first kappa shape index (κ1) is 49.4. The number of nitrogens with zero attached hydrogens (tertiary/aromatic N) is 4. The summed E-state index contributed by atoms with van der Waals surface area (Å²) in [5.74, 6) is -2.24. The van der Waals surface area contributed by atoms with Crippen molar-refractivity contribution in [2.24, 2.45) is 5.41 Å². The Bertz CT molecular complexity index is 1900. The number of unbranched alkanes of at least 4 members (excludes halogenated alkanes) is 2. The number of amides is 2. The number of nitrogen functional groups attached to an aromatic ring is 1. The highest BCUT2D eigenvalue weighted by Gasteiger charge is 2.47. The van der Waals surface area contributed by atoms with Crippen LogP contribution in [0.15, 0.2) is 12.7 Å². The summed E-state index contributed by atoms with van der Waals surface area (Å²) >= 11 is 1.01. The van der Waals surface area contributed by atoms with Gasteiger partial charge in [0, 0.05) is 43.5 Å². The van der Waals surface area contributed by atoms with E-state index in [2.05, 4.69) is 43.5 Å². The standard InChI is InChI=1S/C28H46N7O19P3S/c1-28(2,23(41)26(42)31-9-8-17(36)30-10-11-58-19(39)7-5-3-4-6-18(37)38)13-51-57(48,49)54-56(46,47)50-12-16-22(53-55(43,44)45)21(40)27(52-16)35-15-34-20-24(29)32-14-33-25(20)35/h14-16,21-23,27,40-41H,3-13H2,1-2H3,(H,30,36)(H,31,42)(H,37,38)(H,46,47)(H,48,49)(H2,29,32,33)(H2,43,44,45)/p-4. The number of carboxylic acids is 1. The zero-order valence-corrected chi connectivity index (χ0v) is 34.3. The predicted molar refractivity (Wildman–Crippen MR) is 189 cm³/mol. The number of aliphatic carboxylic acids is 1. The monoisotopic (exact) mass is 905 g/mol. The maximum absolute atomic E-state index is 12.5. The van der Waals surface area contributed by atoms with Crippen LogP contribution >= 0.6 is 35.2 Å². The second kappa shape index (κ2) is 21.5. The average molecular weight is 906 g/mol. The zero-order chi connectivity index (χ0) is 43.5. The van der Waals surface area contributed by atoms with Crippen LogP contribution in [0.3, 0.4) is 0 Å². The minimum Gasteiger partial charge on any atom is -0.790 e. The normalized spacial score (nSPS) is 21.2. The van der Waals surface area contributed by atoms with Crippen molar-refractivity contribution in [3.8, 4) is 0 Å². The molecule has 328 valence electrons. The van der Waals surface area contributed by atoms with Crippen molar-refractivity contribution in [3.63, 3.8) is 0 Å². The van der Waals surface area contributed by atoms with Crippen molar-refractivity contribution in [2.75, 3.05) is 37.8 Å². The van der Waals surface area contributed by atoms with Crippen molar-refractivity contribution < 1.29 is 90.4 Å². The highest BCUT2D eigenvalue weighted by atomic mass is 32.2. The minimum atomic E-state index is -5.93. The number of aliphatic hydroxyl groups is 2. The summed E-state index contributed by atoms with van der Waals surface area (Å²) < 4.78 is 60.4. The van der Waals surface area contributed by atoms with E-state index >= 15 is 0 Å². The average Bonchev–Trinajstić information content (AvgIpc) is 3.67. The van der Waals surface area contributed by atoms with E-state index in [-0.39, 0.29) is 60.2 Å². The van der Waals surface area contributed by atoms with E-state index in [1.165, 1.54) is 13.8 Å². The number of hydrogen-bond donors (Lipinski definition) is 6. The zero-order valence-electron chi connectivity index (χ0n) is 30.8. The van der Waals surface area contributed by atoms with Gasteiger partial charge in [0.15, 0.2) is 22.8 Å². The van der Waals surface area contributed by atoms with E-state index in [1.54, 1.807) is 0 Å². The van der Waals surface area contributed by atoms with Gasteiger partial charge in [-0.15, -0.1) is 0 Å². The van der Waals surface area contributed by atoms with Gasteiger partial charge in [0.1, 0.15) is 36.3 Å². The van der Waals surface area contributed by atoms with Crippen LogP contribution in [0.2, 0.25) is 0 Å². The number of ether oxygens (including phenoxy) is 1. The summed E-state index contributed by atoms with van der Waals surface area (Å²) in [5.41, 5.74) is 4.03. The highest BCUT2D eigenvalue weighted by molar-refractivity contribution is 8.13. The molecule has 1 aliphatic heterocycles. The molecule has 0 radical (unpaired) electrons. The second-order valence-electron chi connectivity index (χ2n) is 13.2. The van der Waals surface area contributed by atoms with Crippen molar-refractivity contribution in [1.82, 2.24) is 30.2 Å². The van der Waals surface area contributed by atoms with Crippen LogP contribution in [-0.4, -0.2) is 114 Å². The smallest absolute Gasteiger partial charge is 0.303 e. The maximum Gasteiger partial charge on any atom is 0.303 e. The van der Waals surface area contributed by atoms with Gasteiger partial charge in [-0.3, -0.25) is 32.9 Å². The quantitative estimate of drug-likeness (QED) is 0.0432. The number of hydrogen-bond acceptors (Lipinski definition) is 23. The molecule has 0 aromatic carbocycles. The molecule has 1 aliphatic rings. The molecule has 3 heterocycles. The Kier molecular flexibility index (Phi) is 18.3. The molecule has 58 heavy (non-hydrogen) atoms. The Morgan fingerprint density at radius 3 is 2.34 bits per heavy atom. The summed E-state index contributed by atoms with van der Waals surface area (Å²) in [6.45, 7) is -0.0449. The number of carboxylic acid groups (broad SMARTS) is 1. The van der Waals surface area contributed by atoms with Crippen LogP contribution in [0.1, 0.15) is 58.6 Å². The topological polar surface area (TPSA) is 412 Å². The van der Waals surface area contributed by atoms with E-state index in [0.717, 1.165) is 29.0 Å². The van der Waals surface area contributed by atoms with Crippen LogP contribution in [0.25, 0.3) is 11.2 Å². The number of aromatic nitrogens is 4. The molecule has 0 spiro atoms. The lowest BCUT2D eigenvalue weighted by atomic mass is 9.87. The molecule has 26 nitrogen and oxygen atoms in total. The first-order valence-corrected chi connectivity index (χ1v) is 22.5. The third-order valence-corrected chi connectivity index (χ3v) is 12.0. The fourth-order valence-electron chi connectivity index (χ4n) is 5.07. The Labute approximate surface area is 334 Å². The molecule has 3 rings (SSSR count). The van der Waals surface area contributed by atoms with Gasteiger partial charge < -0.3 is 74.1 Å². The third-order valence-electron chi connectivity index (χ3n) is 8.01. The van der Waals surface area contributed by atoms with Gasteiger partial charge >= 0.3 is 5.97 Å². The number of fused-ring (bicyclic) bond motifs is 1. The molecule has 0 aliphatic carbocycles. The van der Waals surface area contributed by atoms with Gasteiger partial charge in [0.25, 0.3) is 15.6 Å². The summed E-state index contributed by atoms with van der Waals surface area (Å²) in [6.07, 6.45) is -5.77. The Hall–Kier alpha value is -2.97. The fourth-order valence-corrected chi connectivity index (χ4v) is 8.52. The number of rotatable bonds is 25. The molecule has 7 atom stereocenters. The first-order valence-electron chi connectivity index (χ1n) is 17.1. The number of carbonyl (C=O) groups excluding carboxylic acids is 3. The van der Waals surface area contributed by atoms with Gasteiger partial charge in [-0.25, -0.2) is 19.3 Å². The molecule has 30 heteroatoms.